The number of carbonyl (C=O) groups is 2. The summed E-state index contributed by atoms with van der Waals surface area (Å²) in [5, 5.41) is 4.03. The first-order valence-corrected chi connectivity index (χ1v) is 13.9. The van der Waals surface area contributed by atoms with Gasteiger partial charge in [-0.3, -0.25) is 9.59 Å². The maximum absolute atomic E-state index is 13.8. The predicted octanol–water partition coefficient (Wildman–Crippen LogP) is 4.86. The van der Waals surface area contributed by atoms with E-state index in [1.807, 2.05) is 31.7 Å². The molecule has 0 radical (unpaired) electrons. The summed E-state index contributed by atoms with van der Waals surface area (Å²) in [5.41, 5.74) is 3.37. The van der Waals surface area contributed by atoms with Crippen molar-refractivity contribution in [1.82, 2.24) is 9.88 Å². The highest BCUT2D eigenvalue weighted by Gasteiger charge is 2.37. The van der Waals surface area contributed by atoms with Gasteiger partial charge in [0.2, 0.25) is 5.91 Å². The van der Waals surface area contributed by atoms with Gasteiger partial charge in [0.15, 0.2) is 5.13 Å². The van der Waals surface area contributed by atoms with E-state index in [9.17, 15) is 14.2 Å². The first-order valence-electron chi connectivity index (χ1n) is 11.1. The molecule has 31 heavy (non-hydrogen) atoms. The summed E-state index contributed by atoms with van der Waals surface area (Å²) in [4.78, 5) is 32.1. The van der Waals surface area contributed by atoms with E-state index in [4.69, 9.17) is 0 Å². The van der Waals surface area contributed by atoms with E-state index in [1.54, 1.807) is 0 Å². The Kier molecular flexibility index (Phi) is 6.10. The molecule has 1 saturated carbocycles. The number of anilines is 1. The molecule has 1 aromatic carbocycles. The Balaban J connectivity index is 1.79. The Morgan fingerprint density at radius 1 is 1.29 bits per heavy atom. The van der Waals surface area contributed by atoms with E-state index in [0.29, 0.717) is 29.6 Å². The van der Waals surface area contributed by atoms with Crippen LogP contribution in [0.2, 0.25) is 0 Å². The molecule has 2 aliphatic rings. The summed E-state index contributed by atoms with van der Waals surface area (Å²) in [6, 6.07) is 4.01. The topological polar surface area (TPSA) is 79.4 Å². The van der Waals surface area contributed by atoms with Gasteiger partial charge in [-0.05, 0) is 42.5 Å². The van der Waals surface area contributed by atoms with Gasteiger partial charge in [-0.25, -0.2) is 4.98 Å². The highest BCUT2D eigenvalue weighted by molar-refractivity contribution is 7.71. The third kappa shape index (κ3) is 4.35. The Morgan fingerprint density at radius 2 is 2.00 bits per heavy atom. The van der Waals surface area contributed by atoms with Crippen molar-refractivity contribution in [1.29, 1.82) is 0 Å². The minimum Gasteiger partial charge on any atom is -0.334 e. The van der Waals surface area contributed by atoms with Gasteiger partial charge >= 0.3 is 0 Å². The van der Waals surface area contributed by atoms with Crippen LogP contribution >= 0.6 is 18.5 Å². The molecule has 0 bridgehead atoms. The molecular formula is C23H30N3O3PS. The number of hydrogen-bond donors (Lipinski definition) is 1. The summed E-state index contributed by atoms with van der Waals surface area (Å²) < 4.78 is 13.8. The Bertz CT molecular complexity index is 1080. The number of fused-ring (bicyclic) bond motifs is 1. The molecule has 1 aliphatic heterocycles. The Morgan fingerprint density at radius 3 is 2.61 bits per heavy atom. The van der Waals surface area contributed by atoms with Crippen LogP contribution < -0.4 is 10.6 Å². The van der Waals surface area contributed by atoms with Crippen molar-refractivity contribution >= 4 is 40.7 Å². The fourth-order valence-corrected chi connectivity index (χ4v) is 7.45. The van der Waals surface area contributed by atoms with E-state index < -0.39 is 7.14 Å². The second kappa shape index (κ2) is 8.51. The molecule has 0 atom stereocenters. The van der Waals surface area contributed by atoms with Crippen LogP contribution in [0.4, 0.5) is 5.13 Å². The van der Waals surface area contributed by atoms with Crippen molar-refractivity contribution in [2.24, 2.45) is 5.92 Å². The van der Waals surface area contributed by atoms with Crippen molar-refractivity contribution in [3.63, 3.8) is 0 Å². The zero-order valence-electron chi connectivity index (χ0n) is 18.7. The molecule has 1 aromatic heterocycles. The third-order valence-electron chi connectivity index (χ3n) is 6.37. The average Bonchev–Trinajstić information content (AvgIpc) is 3.42. The molecule has 4 rings (SSSR count). The molecule has 2 aromatic rings. The fraction of sp³-hybridized carbons (Fsp3) is 0.522. The number of carbonyl (C=O) groups excluding carboxylic acids is 2. The van der Waals surface area contributed by atoms with E-state index in [-0.39, 0.29) is 11.8 Å². The van der Waals surface area contributed by atoms with Gasteiger partial charge in [0.25, 0.3) is 5.91 Å². The minimum atomic E-state index is -2.68. The highest BCUT2D eigenvalue weighted by atomic mass is 32.1. The van der Waals surface area contributed by atoms with Gasteiger partial charge in [-0.2, -0.15) is 0 Å². The normalized spacial score (nSPS) is 16.0. The second-order valence-electron chi connectivity index (χ2n) is 8.62. The number of nitrogens with one attached hydrogen (secondary N) is 1. The van der Waals surface area contributed by atoms with E-state index in [0.717, 1.165) is 45.9 Å². The number of aromatic nitrogens is 1. The van der Waals surface area contributed by atoms with Crippen LogP contribution in [0.1, 0.15) is 61.6 Å². The summed E-state index contributed by atoms with van der Waals surface area (Å²) in [6.07, 6.45) is 4.66. The van der Waals surface area contributed by atoms with Crippen molar-refractivity contribution in [2.75, 3.05) is 24.2 Å². The standard InChI is InChI=1S/C23H30N3O3PS/c1-5-30(29,6-2)19-12-17(21-14(3)24-23(31-21)25-15(4)27)11-18-13-26(22(28)20(18)19)10-9-16-7-8-16/h11-12,16H,5-10,13H2,1-4H3,(H,24,25,27). The number of nitrogens with zero attached hydrogens (tertiary/aromatic N) is 2. The molecular weight excluding hydrogens is 429 g/mol. The number of aryl methyl sites for hydroxylation is 1. The Labute approximate surface area is 187 Å². The van der Waals surface area contributed by atoms with Crippen molar-refractivity contribution in [2.45, 2.75) is 53.5 Å². The molecule has 1 aliphatic carbocycles. The lowest BCUT2D eigenvalue weighted by Crippen LogP contribution is -2.28. The summed E-state index contributed by atoms with van der Waals surface area (Å²) in [7, 11) is -2.68. The molecule has 2 amide bonds. The van der Waals surface area contributed by atoms with E-state index >= 15 is 0 Å². The van der Waals surface area contributed by atoms with E-state index in [2.05, 4.69) is 16.4 Å². The molecule has 0 unspecified atom stereocenters. The van der Waals surface area contributed by atoms with Crippen LogP contribution in [-0.2, 0) is 15.9 Å². The third-order valence-corrected chi connectivity index (χ3v) is 10.8. The van der Waals surface area contributed by atoms with Gasteiger partial charge in [0, 0.05) is 37.6 Å². The maximum Gasteiger partial charge on any atom is 0.255 e. The zero-order chi connectivity index (χ0) is 22.3. The predicted molar refractivity (Wildman–Crippen MR) is 127 cm³/mol. The molecule has 1 N–H and O–H groups in total. The Hall–Kier alpha value is -1.98. The van der Waals surface area contributed by atoms with Gasteiger partial charge in [-0.1, -0.05) is 38.0 Å². The van der Waals surface area contributed by atoms with Crippen LogP contribution in [0.25, 0.3) is 10.4 Å². The summed E-state index contributed by atoms with van der Waals surface area (Å²) in [5.74, 6) is 0.628. The van der Waals surface area contributed by atoms with E-state index in [1.165, 1.54) is 31.1 Å². The van der Waals surface area contributed by atoms with Crippen molar-refractivity contribution in [3.05, 3.63) is 29.0 Å². The van der Waals surface area contributed by atoms with Gasteiger partial charge in [0.1, 0.15) is 7.14 Å². The maximum atomic E-state index is 13.8. The number of hydrogen-bond acceptors (Lipinski definition) is 5. The lowest BCUT2D eigenvalue weighted by molar-refractivity contribution is -0.114. The molecule has 0 saturated heterocycles. The first kappa shape index (κ1) is 22.2. The molecule has 0 spiro atoms. The monoisotopic (exact) mass is 459 g/mol. The molecule has 166 valence electrons. The molecule has 6 nitrogen and oxygen atoms in total. The summed E-state index contributed by atoms with van der Waals surface area (Å²) >= 11 is 1.41. The SMILES string of the molecule is CCP(=O)(CC)c1cc(-c2sc(NC(C)=O)nc2C)cc2c1C(=O)N(CCC1CC1)C2. The van der Waals surface area contributed by atoms with Gasteiger partial charge < -0.3 is 14.8 Å². The quantitative estimate of drug-likeness (QED) is 0.572. The summed E-state index contributed by atoms with van der Waals surface area (Å²) in [6.45, 7) is 8.61. The lowest BCUT2D eigenvalue weighted by Gasteiger charge is -2.19. The number of benzene rings is 1. The lowest BCUT2D eigenvalue weighted by atomic mass is 10.0. The van der Waals surface area contributed by atoms with Crippen molar-refractivity contribution < 1.29 is 14.2 Å². The smallest absolute Gasteiger partial charge is 0.255 e. The number of thiazole rings is 1. The van der Waals surface area contributed by atoms with Crippen LogP contribution in [0, 0.1) is 12.8 Å². The second-order valence-corrected chi connectivity index (χ2v) is 13.1. The average molecular weight is 460 g/mol. The molecule has 2 heterocycles. The number of amides is 2. The minimum absolute atomic E-state index is 0.0271. The molecule has 1 fully saturated rings. The fourth-order valence-electron chi connectivity index (χ4n) is 4.30. The largest absolute Gasteiger partial charge is 0.334 e. The van der Waals surface area contributed by atoms with Crippen molar-refractivity contribution in [3.8, 4) is 10.4 Å². The van der Waals surface area contributed by atoms with Crippen LogP contribution in [0.3, 0.4) is 0 Å². The van der Waals surface area contributed by atoms with Crippen LogP contribution in [0.5, 0.6) is 0 Å². The van der Waals surface area contributed by atoms with Gasteiger partial charge in [0.05, 0.1) is 16.1 Å². The highest BCUT2D eigenvalue weighted by Crippen LogP contribution is 2.48. The molecule has 8 heteroatoms. The zero-order valence-corrected chi connectivity index (χ0v) is 20.4. The number of rotatable bonds is 8. The van der Waals surface area contributed by atoms with Gasteiger partial charge in [-0.15, -0.1) is 0 Å². The van der Waals surface area contributed by atoms with Crippen LogP contribution in [0.15, 0.2) is 12.1 Å². The first-order chi connectivity index (χ1) is 14.8. The van der Waals surface area contributed by atoms with Crippen LogP contribution in [-0.4, -0.2) is 40.6 Å².